The molecule has 0 aliphatic heterocycles. The Bertz CT molecular complexity index is 1100. The van der Waals surface area contributed by atoms with E-state index in [1.54, 1.807) is 12.3 Å². The molecular weight excluding hydrogens is 348 g/mol. The van der Waals surface area contributed by atoms with E-state index in [0.29, 0.717) is 12.2 Å². The third kappa shape index (κ3) is 3.67. The normalized spacial score (nSPS) is 11.1. The molecular formula is C24H22N2O2. The largest absolute Gasteiger partial charge is 0.464 e. The fourth-order valence-corrected chi connectivity index (χ4v) is 3.28. The summed E-state index contributed by atoms with van der Waals surface area (Å²) in [5.41, 5.74) is 3.35. The van der Waals surface area contributed by atoms with Crippen LogP contribution in [0.15, 0.2) is 83.5 Å². The highest BCUT2D eigenvalue weighted by Gasteiger charge is 2.21. The second kappa shape index (κ2) is 7.69. The Morgan fingerprint density at radius 2 is 1.86 bits per heavy atom. The molecule has 2 aromatic carbocycles. The third-order valence-corrected chi connectivity index (χ3v) is 4.79. The van der Waals surface area contributed by atoms with Gasteiger partial charge in [-0.3, -0.25) is 4.79 Å². The summed E-state index contributed by atoms with van der Waals surface area (Å²) >= 11 is 0. The maximum Gasteiger partial charge on any atom is 0.273 e. The van der Waals surface area contributed by atoms with Gasteiger partial charge in [-0.15, -0.1) is 0 Å². The quantitative estimate of drug-likeness (QED) is 0.463. The second-order valence-corrected chi connectivity index (χ2v) is 7.09. The Kier molecular flexibility index (Phi) is 4.94. The molecule has 140 valence electrons. The number of para-hydroxylation sites is 1. The number of hydrogen-bond acceptors (Lipinski definition) is 3. The lowest BCUT2D eigenvalue weighted by atomic mass is 10.1. The first-order chi connectivity index (χ1) is 13.6. The van der Waals surface area contributed by atoms with Gasteiger partial charge in [0.2, 0.25) is 0 Å². The van der Waals surface area contributed by atoms with E-state index in [1.807, 2.05) is 79.4 Å². The summed E-state index contributed by atoms with van der Waals surface area (Å²) in [6.45, 7) is 4.56. The number of carbonyl (C=O) groups is 1. The lowest BCUT2D eigenvalue weighted by Crippen LogP contribution is -2.36. The molecule has 1 amide bonds. The Labute approximate surface area is 164 Å². The first-order valence-electron chi connectivity index (χ1n) is 9.41. The van der Waals surface area contributed by atoms with Crippen LogP contribution in [0, 0.1) is 0 Å². The number of furan rings is 1. The van der Waals surface area contributed by atoms with Gasteiger partial charge >= 0.3 is 0 Å². The van der Waals surface area contributed by atoms with E-state index < -0.39 is 0 Å². The van der Waals surface area contributed by atoms with Gasteiger partial charge in [-0.2, -0.15) is 0 Å². The lowest BCUT2D eigenvalue weighted by molar-refractivity contribution is 0.0684. The third-order valence-electron chi connectivity index (χ3n) is 4.79. The molecule has 2 aromatic heterocycles. The Balaban J connectivity index is 1.62. The zero-order chi connectivity index (χ0) is 19.5. The van der Waals surface area contributed by atoms with Gasteiger partial charge in [-0.05, 0) is 49.7 Å². The zero-order valence-electron chi connectivity index (χ0n) is 16.0. The number of benzene rings is 2. The summed E-state index contributed by atoms with van der Waals surface area (Å²) in [5, 5.41) is 1.03. The summed E-state index contributed by atoms with van der Waals surface area (Å²) in [5.74, 6) is 0.754. The Morgan fingerprint density at radius 1 is 1.00 bits per heavy atom. The van der Waals surface area contributed by atoms with Crippen LogP contribution in [0.25, 0.3) is 22.2 Å². The number of aromatic nitrogens is 1. The summed E-state index contributed by atoms with van der Waals surface area (Å²) in [6.07, 6.45) is 1.66. The Hall–Kier alpha value is -3.40. The molecule has 0 bridgehead atoms. The van der Waals surface area contributed by atoms with Crippen LogP contribution in [0.4, 0.5) is 0 Å². The number of amides is 1. The van der Waals surface area contributed by atoms with Gasteiger partial charge < -0.3 is 9.32 Å². The number of fused-ring (bicyclic) bond motifs is 1. The smallest absolute Gasteiger partial charge is 0.273 e. The molecule has 0 unspecified atom stereocenters. The predicted molar refractivity (Wildman–Crippen MR) is 111 cm³/mol. The van der Waals surface area contributed by atoms with Gasteiger partial charge in [0, 0.05) is 23.5 Å². The Morgan fingerprint density at radius 3 is 2.64 bits per heavy atom. The predicted octanol–water partition coefficient (Wildman–Crippen LogP) is 5.55. The molecule has 0 radical (unpaired) electrons. The number of carbonyl (C=O) groups excluding carboxylic acids is 1. The summed E-state index contributed by atoms with van der Waals surface area (Å²) in [4.78, 5) is 19.6. The van der Waals surface area contributed by atoms with Gasteiger partial charge in [-0.1, -0.05) is 42.5 Å². The summed E-state index contributed by atoms with van der Waals surface area (Å²) < 4.78 is 5.49. The van der Waals surface area contributed by atoms with E-state index in [0.717, 1.165) is 27.8 Å². The minimum Gasteiger partial charge on any atom is -0.464 e. The van der Waals surface area contributed by atoms with Crippen LogP contribution in [-0.4, -0.2) is 21.8 Å². The first kappa shape index (κ1) is 18.0. The molecule has 4 aromatic rings. The van der Waals surface area contributed by atoms with Crippen LogP contribution in [-0.2, 0) is 6.54 Å². The molecule has 28 heavy (non-hydrogen) atoms. The minimum absolute atomic E-state index is 0.0491. The molecule has 0 saturated carbocycles. The lowest BCUT2D eigenvalue weighted by Gasteiger charge is -2.27. The van der Waals surface area contributed by atoms with Gasteiger partial charge in [0.05, 0.1) is 11.8 Å². The summed E-state index contributed by atoms with van der Waals surface area (Å²) in [7, 11) is 0. The highest BCUT2D eigenvalue weighted by molar-refractivity contribution is 5.95. The van der Waals surface area contributed by atoms with Crippen LogP contribution in [0.1, 0.15) is 29.9 Å². The van der Waals surface area contributed by atoms with Gasteiger partial charge in [0.1, 0.15) is 11.5 Å². The molecule has 0 aliphatic carbocycles. The van der Waals surface area contributed by atoms with Crippen molar-refractivity contribution in [1.82, 2.24) is 9.88 Å². The van der Waals surface area contributed by atoms with Crippen molar-refractivity contribution in [3.8, 4) is 11.3 Å². The molecule has 0 aliphatic rings. The van der Waals surface area contributed by atoms with E-state index in [2.05, 4.69) is 11.1 Å². The number of nitrogens with zero attached hydrogens (tertiary/aromatic N) is 2. The maximum absolute atomic E-state index is 13.2. The van der Waals surface area contributed by atoms with Crippen molar-refractivity contribution in [3.63, 3.8) is 0 Å². The van der Waals surface area contributed by atoms with E-state index in [1.165, 1.54) is 0 Å². The van der Waals surface area contributed by atoms with E-state index >= 15 is 0 Å². The summed E-state index contributed by atoms with van der Waals surface area (Å²) in [6, 6.07) is 23.5. The SMILES string of the molecule is CC(C)N(Cc1cccc(-c2ccco2)c1)C(=O)c1ccc2ccccc2n1. The molecule has 0 fully saturated rings. The molecule has 4 nitrogen and oxygen atoms in total. The van der Waals surface area contributed by atoms with Crippen molar-refractivity contribution >= 4 is 16.8 Å². The highest BCUT2D eigenvalue weighted by Crippen LogP contribution is 2.22. The first-order valence-corrected chi connectivity index (χ1v) is 9.41. The molecule has 4 heteroatoms. The number of rotatable bonds is 5. The van der Waals surface area contributed by atoms with Gasteiger partial charge in [-0.25, -0.2) is 4.98 Å². The van der Waals surface area contributed by atoms with Gasteiger partial charge in [0.15, 0.2) is 0 Å². The van der Waals surface area contributed by atoms with Crippen molar-refractivity contribution < 1.29 is 9.21 Å². The standard InChI is InChI=1S/C24H22N2O2/c1-17(2)26(16-18-7-5-9-20(15-18)23-11-6-14-28-23)24(27)22-13-12-19-8-3-4-10-21(19)25-22/h3-15,17H,16H2,1-2H3. The van der Waals surface area contributed by atoms with Crippen LogP contribution in [0.2, 0.25) is 0 Å². The van der Waals surface area contributed by atoms with Crippen molar-refractivity contribution in [2.24, 2.45) is 0 Å². The monoisotopic (exact) mass is 370 g/mol. The van der Waals surface area contributed by atoms with E-state index in [9.17, 15) is 4.79 Å². The van der Waals surface area contributed by atoms with Crippen LogP contribution < -0.4 is 0 Å². The van der Waals surface area contributed by atoms with Crippen molar-refractivity contribution in [2.75, 3.05) is 0 Å². The fourth-order valence-electron chi connectivity index (χ4n) is 3.28. The zero-order valence-corrected chi connectivity index (χ0v) is 16.0. The van der Waals surface area contributed by atoms with Crippen molar-refractivity contribution in [3.05, 3.63) is 90.3 Å². The molecule has 0 saturated heterocycles. The second-order valence-electron chi connectivity index (χ2n) is 7.09. The van der Waals surface area contributed by atoms with Crippen LogP contribution >= 0.6 is 0 Å². The van der Waals surface area contributed by atoms with E-state index in [4.69, 9.17) is 4.42 Å². The highest BCUT2D eigenvalue weighted by atomic mass is 16.3. The molecule has 0 N–H and O–H groups in total. The maximum atomic E-state index is 13.2. The number of pyridine rings is 1. The van der Waals surface area contributed by atoms with Crippen molar-refractivity contribution in [1.29, 1.82) is 0 Å². The minimum atomic E-state index is -0.0656. The molecule has 2 heterocycles. The number of hydrogen-bond donors (Lipinski definition) is 0. The van der Waals surface area contributed by atoms with Gasteiger partial charge in [0.25, 0.3) is 5.91 Å². The molecule has 0 spiro atoms. The van der Waals surface area contributed by atoms with Crippen molar-refractivity contribution in [2.45, 2.75) is 26.4 Å². The average molecular weight is 370 g/mol. The fraction of sp³-hybridized carbons (Fsp3) is 0.167. The molecule has 4 rings (SSSR count). The van der Waals surface area contributed by atoms with Crippen LogP contribution in [0.5, 0.6) is 0 Å². The average Bonchev–Trinajstić information content (AvgIpc) is 3.26. The molecule has 0 atom stereocenters. The topological polar surface area (TPSA) is 46.3 Å². The van der Waals surface area contributed by atoms with E-state index in [-0.39, 0.29) is 11.9 Å². The van der Waals surface area contributed by atoms with Crippen LogP contribution in [0.3, 0.4) is 0 Å².